The number of carbonyl (C=O) groups excluding carboxylic acids is 1. The molecule has 3 aromatic heterocycles. The molecule has 8 nitrogen and oxygen atoms in total. The monoisotopic (exact) mass is 541 g/mol. The number of ether oxygens (including phenoxy) is 1. The Kier molecular flexibility index (Phi) is 6.78. The molecule has 0 spiro atoms. The zero-order valence-corrected chi connectivity index (χ0v) is 21.3. The molecule has 1 amide bonds. The Hall–Kier alpha value is -6.01. The second-order valence-corrected chi connectivity index (χ2v) is 8.87. The molecule has 0 aliphatic rings. The molecule has 0 radical (unpaired) electrons. The van der Waals surface area contributed by atoms with Gasteiger partial charge in [-0.05, 0) is 72.8 Å². The van der Waals surface area contributed by atoms with Crippen molar-refractivity contribution in [2.24, 2.45) is 0 Å². The highest BCUT2D eigenvalue weighted by molar-refractivity contribution is 6.04. The van der Waals surface area contributed by atoms with E-state index in [4.69, 9.17) is 4.74 Å². The maximum Gasteiger partial charge on any atom is 0.267 e. The van der Waals surface area contributed by atoms with Crippen LogP contribution < -0.4 is 15.6 Å². The number of halogens is 1. The maximum atomic E-state index is 13.3. The number of pyridine rings is 1. The van der Waals surface area contributed by atoms with Crippen molar-refractivity contribution in [3.63, 3.8) is 0 Å². The number of hydrogen-bond donors (Lipinski definition) is 2. The first-order chi connectivity index (χ1) is 20.0. The van der Waals surface area contributed by atoms with Crippen LogP contribution in [-0.2, 0) is 0 Å². The van der Waals surface area contributed by atoms with Gasteiger partial charge in [0.2, 0.25) is 5.88 Å². The van der Waals surface area contributed by atoms with E-state index in [9.17, 15) is 14.0 Å². The fraction of sp³-hybridized carbons (Fsp3) is 0. The average Bonchev–Trinajstić information content (AvgIpc) is 3.42. The molecule has 0 aliphatic carbocycles. The second-order valence-electron chi connectivity index (χ2n) is 8.87. The summed E-state index contributed by atoms with van der Waals surface area (Å²) >= 11 is 0. The van der Waals surface area contributed by atoms with E-state index in [1.807, 2.05) is 30.3 Å². The van der Waals surface area contributed by atoms with E-state index in [0.29, 0.717) is 39.6 Å². The number of anilines is 1. The molecule has 0 aliphatic heterocycles. The van der Waals surface area contributed by atoms with E-state index in [1.165, 1.54) is 47.4 Å². The molecular weight excluding hydrogens is 521 g/mol. The minimum absolute atomic E-state index is 0.0582. The minimum atomic E-state index is -0.577. The Balaban J connectivity index is 1.20. The summed E-state index contributed by atoms with van der Waals surface area (Å²) < 4.78 is 20.6. The minimum Gasteiger partial charge on any atom is -0.438 e. The number of nitrogens with zero attached hydrogens (tertiary/aromatic N) is 3. The predicted molar refractivity (Wildman–Crippen MR) is 153 cm³/mol. The lowest BCUT2D eigenvalue weighted by molar-refractivity contribution is 0.102. The molecule has 9 heteroatoms. The summed E-state index contributed by atoms with van der Waals surface area (Å²) in [6, 6.07) is 24.7. The topological polar surface area (TPSA) is 102 Å². The van der Waals surface area contributed by atoms with Crippen molar-refractivity contribution < 1.29 is 13.9 Å². The number of amides is 1. The van der Waals surface area contributed by atoms with Gasteiger partial charge in [-0.1, -0.05) is 30.0 Å². The fourth-order valence-corrected chi connectivity index (χ4v) is 4.16. The Labute approximate surface area is 233 Å². The van der Waals surface area contributed by atoms with E-state index in [-0.39, 0.29) is 5.56 Å². The quantitative estimate of drug-likeness (QED) is 0.273. The van der Waals surface area contributed by atoms with Gasteiger partial charge in [-0.3, -0.25) is 14.2 Å². The molecule has 0 atom stereocenters. The second kappa shape index (κ2) is 11.0. The summed E-state index contributed by atoms with van der Waals surface area (Å²) in [4.78, 5) is 37.5. The first-order valence-corrected chi connectivity index (χ1v) is 12.5. The number of aromatic amines is 1. The van der Waals surface area contributed by atoms with E-state index in [0.717, 1.165) is 5.56 Å². The number of carbonyl (C=O) groups is 1. The first-order valence-electron chi connectivity index (χ1n) is 12.5. The molecule has 0 fully saturated rings. The van der Waals surface area contributed by atoms with E-state index < -0.39 is 17.3 Å². The number of rotatable bonds is 5. The highest BCUT2D eigenvalue weighted by Gasteiger charge is 2.15. The standard InChI is InChI=1S/C32H20FN5O3/c33-23-10-14-25(15-11-23)38-18-4-7-27(32(38)40)30(39)37-24-12-16-26(17-13-24)41-31-28-22(19-34-29(28)35-20-36-31)9-8-21-5-2-1-3-6-21/h1-7,10-20H,(H,37,39)(H,34,35,36). The van der Waals surface area contributed by atoms with Crippen LogP contribution in [0.1, 0.15) is 21.5 Å². The summed E-state index contributed by atoms with van der Waals surface area (Å²) in [6.07, 6.45) is 4.68. The van der Waals surface area contributed by atoms with Gasteiger partial charge in [0, 0.05) is 29.3 Å². The van der Waals surface area contributed by atoms with Gasteiger partial charge < -0.3 is 15.0 Å². The van der Waals surface area contributed by atoms with Gasteiger partial charge in [-0.15, -0.1) is 0 Å². The van der Waals surface area contributed by atoms with Crippen LogP contribution in [0, 0.1) is 17.7 Å². The molecule has 0 unspecified atom stereocenters. The highest BCUT2D eigenvalue weighted by atomic mass is 19.1. The smallest absolute Gasteiger partial charge is 0.267 e. The van der Waals surface area contributed by atoms with E-state index >= 15 is 0 Å². The van der Waals surface area contributed by atoms with Crippen molar-refractivity contribution in [2.75, 3.05) is 5.32 Å². The van der Waals surface area contributed by atoms with Gasteiger partial charge in [0.05, 0.1) is 10.9 Å². The Morgan fingerprint density at radius 1 is 0.902 bits per heavy atom. The number of nitrogens with one attached hydrogen (secondary N) is 2. The number of aromatic nitrogens is 4. The van der Waals surface area contributed by atoms with Crippen LogP contribution in [0.2, 0.25) is 0 Å². The Bertz CT molecular complexity index is 1990. The molecule has 0 bridgehead atoms. The molecule has 198 valence electrons. The summed E-state index contributed by atoms with van der Waals surface area (Å²) in [5, 5.41) is 3.38. The third-order valence-electron chi connectivity index (χ3n) is 6.17. The summed E-state index contributed by atoms with van der Waals surface area (Å²) in [5.74, 6) is 6.08. The summed E-state index contributed by atoms with van der Waals surface area (Å²) in [5.41, 5.74) is 2.48. The number of hydrogen-bond acceptors (Lipinski definition) is 5. The molecule has 6 aromatic rings. The van der Waals surface area contributed by atoms with Crippen LogP contribution in [0.4, 0.5) is 10.1 Å². The SMILES string of the molecule is O=C(Nc1ccc(Oc2ncnc3[nH]cc(C#Cc4ccccc4)c23)cc1)c1cccn(-c2ccc(F)cc2)c1=O. The zero-order chi connectivity index (χ0) is 28.2. The van der Waals surface area contributed by atoms with Crippen LogP contribution in [0.25, 0.3) is 16.7 Å². The third-order valence-corrected chi connectivity index (χ3v) is 6.17. The molecule has 41 heavy (non-hydrogen) atoms. The lowest BCUT2D eigenvalue weighted by Crippen LogP contribution is -2.27. The molecule has 0 saturated carbocycles. The Morgan fingerprint density at radius 3 is 2.46 bits per heavy atom. The fourth-order valence-electron chi connectivity index (χ4n) is 4.16. The predicted octanol–water partition coefficient (Wildman–Crippen LogP) is 5.69. The number of fused-ring (bicyclic) bond motifs is 1. The van der Waals surface area contributed by atoms with Gasteiger partial charge >= 0.3 is 0 Å². The van der Waals surface area contributed by atoms with Crippen molar-refractivity contribution in [1.29, 1.82) is 0 Å². The van der Waals surface area contributed by atoms with E-state index in [2.05, 4.69) is 32.1 Å². The van der Waals surface area contributed by atoms with Crippen molar-refractivity contribution in [1.82, 2.24) is 19.5 Å². The van der Waals surface area contributed by atoms with Gasteiger partial charge in [0.25, 0.3) is 11.5 Å². The largest absolute Gasteiger partial charge is 0.438 e. The Morgan fingerprint density at radius 2 is 1.68 bits per heavy atom. The van der Waals surface area contributed by atoms with Crippen molar-refractivity contribution >= 4 is 22.6 Å². The lowest BCUT2D eigenvalue weighted by Gasteiger charge is -2.10. The molecule has 3 heterocycles. The normalized spacial score (nSPS) is 10.6. The lowest BCUT2D eigenvalue weighted by atomic mass is 10.2. The molecule has 3 aromatic carbocycles. The third kappa shape index (κ3) is 5.44. The van der Waals surface area contributed by atoms with Crippen LogP contribution >= 0.6 is 0 Å². The van der Waals surface area contributed by atoms with Crippen LogP contribution in [0.15, 0.2) is 115 Å². The van der Waals surface area contributed by atoms with Gasteiger partial charge in [0.15, 0.2) is 0 Å². The van der Waals surface area contributed by atoms with Crippen LogP contribution in [-0.4, -0.2) is 25.4 Å². The molecule has 0 saturated heterocycles. The van der Waals surface area contributed by atoms with Crippen LogP contribution in [0.3, 0.4) is 0 Å². The van der Waals surface area contributed by atoms with Gasteiger partial charge in [-0.25, -0.2) is 14.4 Å². The average molecular weight is 542 g/mol. The van der Waals surface area contributed by atoms with Gasteiger partial charge in [-0.2, -0.15) is 0 Å². The summed E-state index contributed by atoms with van der Waals surface area (Å²) in [6.45, 7) is 0. The first kappa shape index (κ1) is 25.3. The van der Waals surface area contributed by atoms with Crippen molar-refractivity contribution in [3.8, 4) is 29.2 Å². The van der Waals surface area contributed by atoms with Crippen LogP contribution in [0.5, 0.6) is 11.6 Å². The highest BCUT2D eigenvalue weighted by Crippen LogP contribution is 2.29. The zero-order valence-electron chi connectivity index (χ0n) is 21.3. The van der Waals surface area contributed by atoms with Crippen molar-refractivity contribution in [2.45, 2.75) is 0 Å². The number of benzene rings is 3. The van der Waals surface area contributed by atoms with Crippen molar-refractivity contribution in [3.05, 3.63) is 143 Å². The molecule has 6 rings (SSSR count). The maximum absolute atomic E-state index is 13.3. The van der Waals surface area contributed by atoms with E-state index in [1.54, 1.807) is 36.5 Å². The molecular formula is C32H20FN5O3. The number of H-pyrrole nitrogens is 1. The molecule has 2 N–H and O–H groups in total. The summed E-state index contributed by atoms with van der Waals surface area (Å²) in [7, 11) is 0. The van der Waals surface area contributed by atoms with Gasteiger partial charge in [0.1, 0.15) is 29.1 Å².